The second kappa shape index (κ2) is 5.52. The van der Waals surface area contributed by atoms with Gasteiger partial charge in [0.2, 0.25) is 10.0 Å². The van der Waals surface area contributed by atoms with Crippen LogP contribution in [0.2, 0.25) is 0 Å². The average molecular weight is 348 g/mol. The summed E-state index contributed by atoms with van der Waals surface area (Å²) >= 11 is 3.38. The fourth-order valence-electron chi connectivity index (χ4n) is 2.52. The number of benzene rings is 1. The number of aliphatic hydroxyl groups is 1. The third kappa shape index (κ3) is 3.02. The van der Waals surface area contributed by atoms with Gasteiger partial charge in [0.15, 0.2) is 0 Å². The molecule has 1 aromatic carbocycles. The van der Waals surface area contributed by atoms with Crippen molar-refractivity contribution >= 4 is 26.0 Å². The third-order valence-electron chi connectivity index (χ3n) is 3.45. The first-order chi connectivity index (χ1) is 8.82. The highest BCUT2D eigenvalue weighted by atomic mass is 79.9. The fourth-order valence-corrected chi connectivity index (χ4v) is 5.08. The Morgan fingerprint density at radius 1 is 1.21 bits per heavy atom. The van der Waals surface area contributed by atoms with Gasteiger partial charge in [-0.15, -0.1) is 0 Å². The van der Waals surface area contributed by atoms with Gasteiger partial charge in [0, 0.05) is 17.6 Å². The van der Waals surface area contributed by atoms with Crippen LogP contribution >= 0.6 is 15.9 Å². The maximum Gasteiger partial charge on any atom is 0.243 e. The van der Waals surface area contributed by atoms with E-state index in [-0.39, 0.29) is 6.10 Å². The molecule has 4 nitrogen and oxygen atoms in total. The Labute approximate surface area is 122 Å². The molecule has 0 spiro atoms. The number of aliphatic hydroxyl groups excluding tert-OH is 1. The van der Waals surface area contributed by atoms with Gasteiger partial charge in [0.25, 0.3) is 0 Å². The number of piperidine rings is 1. The molecule has 0 amide bonds. The summed E-state index contributed by atoms with van der Waals surface area (Å²) < 4.78 is 27.7. The molecule has 0 bridgehead atoms. The maximum absolute atomic E-state index is 12.7. The van der Waals surface area contributed by atoms with Gasteiger partial charge in [-0.2, -0.15) is 4.31 Å². The molecule has 1 heterocycles. The van der Waals surface area contributed by atoms with Crippen molar-refractivity contribution in [2.24, 2.45) is 0 Å². The van der Waals surface area contributed by atoms with Gasteiger partial charge >= 0.3 is 0 Å². The number of rotatable bonds is 2. The van der Waals surface area contributed by atoms with E-state index in [1.165, 1.54) is 4.31 Å². The Morgan fingerprint density at radius 3 is 2.16 bits per heavy atom. The average Bonchev–Trinajstić information content (AvgIpc) is 2.27. The predicted molar refractivity (Wildman–Crippen MR) is 77.6 cm³/mol. The molecule has 1 fully saturated rings. The molecule has 0 atom stereocenters. The van der Waals surface area contributed by atoms with Gasteiger partial charge in [-0.25, -0.2) is 8.42 Å². The van der Waals surface area contributed by atoms with E-state index in [9.17, 15) is 13.5 Å². The zero-order chi connectivity index (χ0) is 14.2. The van der Waals surface area contributed by atoms with Crippen LogP contribution in [0.1, 0.15) is 24.0 Å². The molecule has 0 unspecified atom stereocenters. The predicted octanol–water partition coefficient (Wildman–Crippen LogP) is 2.21. The molecule has 1 N–H and O–H groups in total. The molecule has 0 saturated carbocycles. The lowest BCUT2D eigenvalue weighted by atomic mass is 10.1. The highest BCUT2D eigenvalue weighted by molar-refractivity contribution is 9.10. The van der Waals surface area contributed by atoms with Crippen molar-refractivity contribution < 1.29 is 13.5 Å². The molecule has 1 saturated heterocycles. The molecule has 19 heavy (non-hydrogen) atoms. The van der Waals surface area contributed by atoms with Crippen molar-refractivity contribution in [3.05, 3.63) is 27.7 Å². The van der Waals surface area contributed by atoms with E-state index in [0.29, 0.717) is 30.8 Å². The van der Waals surface area contributed by atoms with Crippen LogP contribution < -0.4 is 0 Å². The second-order valence-electron chi connectivity index (χ2n) is 5.00. The van der Waals surface area contributed by atoms with E-state index in [0.717, 1.165) is 15.6 Å². The van der Waals surface area contributed by atoms with E-state index in [1.807, 2.05) is 26.0 Å². The lowest BCUT2D eigenvalue weighted by Crippen LogP contribution is -2.40. The first-order valence-electron chi connectivity index (χ1n) is 6.27. The minimum Gasteiger partial charge on any atom is -0.393 e. The van der Waals surface area contributed by atoms with Crippen LogP contribution in [0.15, 0.2) is 21.5 Å². The van der Waals surface area contributed by atoms with Gasteiger partial charge in [0.05, 0.1) is 11.0 Å². The highest BCUT2D eigenvalue weighted by Crippen LogP contribution is 2.28. The van der Waals surface area contributed by atoms with E-state index >= 15 is 0 Å². The molecular formula is C13H18BrNO3S. The monoisotopic (exact) mass is 347 g/mol. The van der Waals surface area contributed by atoms with Crippen LogP contribution in [0.5, 0.6) is 0 Å². The van der Waals surface area contributed by atoms with Gasteiger partial charge in [0.1, 0.15) is 0 Å². The molecule has 2 rings (SSSR count). The SMILES string of the molecule is Cc1cc(Br)cc(C)c1S(=O)(=O)N1CCC(O)CC1. The normalized spacial score (nSPS) is 18.7. The van der Waals surface area contributed by atoms with Gasteiger partial charge in [-0.05, 0) is 49.9 Å². The van der Waals surface area contributed by atoms with Gasteiger partial charge in [-0.1, -0.05) is 15.9 Å². The second-order valence-corrected chi connectivity index (χ2v) is 7.79. The minimum absolute atomic E-state index is 0.376. The Morgan fingerprint density at radius 2 is 1.68 bits per heavy atom. The summed E-state index contributed by atoms with van der Waals surface area (Å²) in [6.07, 6.45) is 0.639. The molecule has 1 aliphatic rings. The standard InChI is InChI=1S/C13H18BrNO3S/c1-9-7-11(14)8-10(2)13(9)19(17,18)15-5-3-12(16)4-6-15/h7-8,12,16H,3-6H2,1-2H3. The Balaban J connectivity index is 2.40. The first kappa shape index (κ1) is 15.0. The number of nitrogens with zero attached hydrogens (tertiary/aromatic N) is 1. The minimum atomic E-state index is -3.46. The lowest BCUT2D eigenvalue weighted by Gasteiger charge is -2.29. The van der Waals surface area contributed by atoms with Crippen molar-refractivity contribution in [3.63, 3.8) is 0 Å². The van der Waals surface area contributed by atoms with E-state index in [4.69, 9.17) is 0 Å². The van der Waals surface area contributed by atoms with Crippen molar-refractivity contribution in [1.82, 2.24) is 4.31 Å². The lowest BCUT2D eigenvalue weighted by molar-refractivity contribution is 0.113. The summed E-state index contributed by atoms with van der Waals surface area (Å²) in [7, 11) is -3.46. The Kier molecular flexibility index (Phi) is 4.35. The molecule has 0 radical (unpaired) electrons. The zero-order valence-electron chi connectivity index (χ0n) is 11.1. The topological polar surface area (TPSA) is 57.6 Å². The van der Waals surface area contributed by atoms with Crippen LogP contribution in [0.4, 0.5) is 0 Å². The summed E-state index contributed by atoms with van der Waals surface area (Å²) in [5, 5.41) is 9.48. The Bertz CT molecular complexity index is 555. The molecular weight excluding hydrogens is 330 g/mol. The van der Waals surface area contributed by atoms with Crippen LogP contribution in [0.3, 0.4) is 0 Å². The molecule has 1 aliphatic heterocycles. The molecule has 0 aromatic heterocycles. The van der Waals surface area contributed by atoms with Gasteiger partial charge < -0.3 is 5.11 Å². The number of aryl methyl sites for hydroxylation is 2. The highest BCUT2D eigenvalue weighted by Gasteiger charge is 2.30. The van der Waals surface area contributed by atoms with E-state index in [2.05, 4.69) is 15.9 Å². The van der Waals surface area contributed by atoms with Crippen molar-refractivity contribution in [2.75, 3.05) is 13.1 Å². The van der Waals surface area contributed by atoms with Crippen LogP contribution in [0, 0.1) is 13.8 Å². The van der Waals surface area contributed by atoms with Crippen molar-refractivity contribution in [2.45, 2.75) is 37.7 Å². The molecule has 0 aliphatic carbocycles. The fraction of sp³-hybridized carbons (Fsp3) is 0.538. The Hall–Kier alpha value is -0.430. The maximum atomic E-state index is 12.7. The molecule has 1 aromatic rings. The van der Waals surface area contributed by atoms with Gasteiger partial charge in [-0.3, -0.25) is 0 Å². The molecule has 106 valence electrons. The quantitative estimate of drug-likeness (QED) is 0.892. The summed E-state index contributed by atoms with van der Waals surface area (Å²) in [6.45, 7) is 4.39. The molecule has 6 heteroatoms. The zero-order valence-corrected chi connectivity index (χ0v) is 13.5. The number of halogens is 1. The number of hydrogen-bond acceptors (Lipinski definition) is 3. The van der Waals surface area contributed by atoms with Crippen molar-refractivity contribution in [3.8, 4) is 0 Å². The van der Waals surface area contributed by atoms with E-state index < -0.39 is 10.0 Å². The van der Waals surface area contributed by atoms with E-state index in [1.54, 1.807) is 0 Å². The van der Waals surface area contributed by atoms with Crippen molar-refractivity contribution in [1.29, 1.82) is 0 Å². The first-order valence-corrected chi connectivity index (χ1v) is 8.50. The number of hydrogen-bond donors (Lipinski definition) is 1. The summed E-state index contributed by atoms with van der Waals surface area (Å²) in [4.78, 5) is 0.395. The summed E-state index contributed by atoms with van der Waals surface area (Å²) in [5.74, 6) is 0. The largest absolute Gasteiger partial charge is 0.393 e. The third-order valence-corrected chi connectivity index (χ3v) is 6.11. The summed E-state index contributed by atoms with van der Waals surface area (Å²) in [6, 6.07) is 3.64. The van der Waals surface area contributed by atoms with Crippen LogP contribution in [0.25, 0.3) is 0 Å². The van der Waals surface area contributed by atoms with Crippen LogP contribution in [-0.2, 0) is 10.0 Å². The smallest absolute Gasteiger partial charge is 0.243 e. The number of sulfonamides is 1. The van der Waals surface area contributed by atoms with Crippen LogP contribution in [-0.4, -0.2) is 37.0 Å². The summed E-state index contributed by atoms with van der Waals surface area (Å²) in [5.41, 5.74) is 1.50.